The van der Waals surface area contributed by atoms with E-state index in [0.717, 1.165) is 57.3 Å². The second-order valence-corrected chi connectivity index (χ2v) is 7.90. The molecule has 1 amide bonds. The molecule has 3 N–H and O–H groups in total. The van der Waals surface area contributed by atoms with Crippen LogP contribution >= 0.6 is 12.4 Å². The van der Waals surface area contributed by atoms with Crippen LogP contribution < -0.4 is 16.2 Å². The van der Waals surface area contributed by atoms with Crippen molar-refractivity contribution in [2.75, 3.05) is 19.6 Å². The molecule has 150 valence electrons. The first-order chi connectivity index (χ1) is 12.8. The van der Waals surface area contributed by atoms with Crippen LogP contribution in [0.3, 0.4) is 0 Å². The SMILES string of the molecule is Cl.O=C(C1CCCC2CNNC21)N(Cc1cncnc1)C1CCCNCC1. The maximum absolute atomic E-state index is 13.7. The number of carbonyl (C=O) groups is 1. The Bertz CT molecular complexity index is 595. The summed E-state index contributed by atoms with van der Waals surface area (Å²) in [7, 11) is 0. The number of nitrogens with one attached hydrogen (secondary N) is 3. The minimum absolute atomic E-state index is 0. The van der Waals surface area contributed by atoms with E-state index in [-0.39, 0.29) is 24.4 Å². The van der Waals surface area contributed by atoms with Crippen molar-refractivity contribution >= 4 is 18.3 Å². The lowest BCUT2D eigenvalue weighted by Crippen LogP contribution is -2.51. The van der Waals surface area contributed by atoms with Crippen molar-refractivity contribution in [1.82, 2.24) is 31.0 Å². The second kappa shape index (κ2) is 9.78. The number of hydrogen-bond acceptors (Lipinski definition) is 6. The van der Waals surface area contributed by atoms with Crippen molar-refractivity contribution in [2.45, 2.75) is 57.2 Å². The van der Waals surface area contributed by atoms with E-state index in [0.29, 0.717) is 24.4 Å². The molecule has 1 saturated carbocycles. The molecule has 2 aliphatic heterocycles. The van der Waals surface area contributed by atoms with Crippen LogP contribution in [0.15, 0.2) is 18.7 Å². The number of carbonyl (C=O) groups excluding carboxylic acids is 1. The third kappa shape index (κ3) is 4.77. The van der Waals surface area contributed by atoms with Gasteiger partial charge < -0.3 is 10.2 Å². The fraction of sp³-hybridized carbons (Fsp3) is 0.737. The van der Waals surface area contributed by atoms with Gasteiger partial charge in [0.05, 0.1) is 5.92 Å². The maximum Gasteiger partial charge on any atom is 0.227 e. The Balaban J connectivity index is 0.00000210. The third-order valence-electron chi connectivity index (χ3n) is 6.22. The van der Waals surface area contributed by atoms with Crippen LogP contribution in [0, 0.1) is 11.8 Å². The number of hydrogen-bond donors (Lipinski definition) is 3. The van der Waals surface area contributed by atoms with E-state index in [2.05, 4.69) is 31.0 Å². The molecule has 1 aromatic heterocycles. The monoisotopic (exact) mass is 394 g/mol. The van der Waals surface area contributed by atoms with E-state index in [1.165, 1.54) is 6.42 Å². The summed E-state index contributed by atoms with van der Waals surface area (Å²) in [6, 6.07) is 0.571. The number of fused-ring (bicyclic) bond motifs is 1. The molecule has 1 aliphatic carbocycles. The van der Waals surface area contributed by atoms with Crippen LogP contribution in [0.1, 0.15) is 44.1 Å². The fourth-order valence-electron chi connectivity index (χ4n) is 4.84. The molecule has 4 atom stereocenters. The van der Waals surface area contributed by atoms with Gasteiger partial charge in [-0.15, -0.1) is 12.4 Å². The molecule has 4 rings (SSSR count). The van der Waals surface area contributed by atoms with Gasteiger partial charge >= 0.3 is 0 Å². The van der Waals surface area contributed by atoms with Crippen molar-refractivity contribution in [1.29, 1.82) is 0 Å². The predicted molar refractivity (Wildman–Crippen MR) is 106 cm³/mol. The Morgan fingerprint density at radius 3 is 2.81 bits per heavy atom. The lowest BCUT2D eigenvalue weighted by molar-refractivity contribution is -0.141. The summed E-state index contributed by atoms with van der Waals surface area (Å²) >= 11 is 0. The lowest BCUT2D eigenvalue weighted by atomic mass is 9.77. The topological polar surface area (TPSA) is 82.2 Å². The summed E-state index contributed by atoms with van der Waals surface area (Å²) in [6.07, 6.45) is 11.8. The molecular formula is C19H31ClN6O. The van der Waals surface area contributed by atoms with E-state index < -0.39 is 0 Å². The van der Waals surface area contributed by atoms with Crippen LogP contribution in [0.5, 0.6) is 0 Å². The fourth-order valence-corrected chi connectivity index (χ4v) is 4.84. The van der Waals surface area contributed by atoms with Crippen LogP contribution in [-0.2, 0) is 11.3 Å². The molecule has 0 radical (unpaired) electrons. The number of nitrogens with zero attached hydrogens (tertiary/aromatic N) is 3. The molecule has 3 fully saturated rings. The highest BCUT2D eigenvalue weighted by atomic mass is 35.5. The summed E-state index contributed by atoms with van der Waals surface area (Å²) in [5.41, 5.74) is 7.68. The lowest BCUT2D eigenvalue weighted by Gasteiger charge is -2.39. The van der Waals surface area contributed by atoms with E-state index in [4.69, 9.17) is 0 Å². The summed E-state index contributed by atoms with van der Waals surface area (Å²) in [6.45, 7) is 3.63. The molecule has 7 nitrogen and oxygen atoms in total. The first-order valence-corrected chi connectivity index (χ1v) is 10.1. The predicted octanol–water partition coefficient (Wildman–Crippen LogP) is 1.26. The highest BCUT2D eigenvalue weighted by molar-refractivity contribution is 5.85. The molecule has 1 aromatic rings. The van der Waals surface area contributed by atoms with Crippen LogP contribution in [0.4, 0.5) is 0 Å². The summed E-state index contributed by atoms with van der Waals surface area (Å²) in [5.74, 6) is 0.964. The normalized spacial score (nSPS) is 30.7. The summed E-state index contributed by atoms with van der Waals surface area (Å²) in [5, 5.41) is 3.47. The Morgan fingerprint density at radius 2 is 1.96 bits per heavy atom. The van der Waals surface area contributed by atoms with Crippen molar-refractivity contribution in [3.05, 3.63) is 24.3 Å². The average Bonchev–Trinajstić information content (AvgIpc) is 3.01. The van der Waals surface area contributed by atoms with Gasteiger partial charge in [0.2, 0.25) is 5.91 Å². The summed E-state index contributed by atoms with van der Waals surface area (Å²) < 4.78 is 0. The molecule has 3 aliphatic rings. The second-order valence-electron chi connectivity index (χ2n) is 7.90. The van der Waals surface area contributed by atoms with Gasteiger partial charge in [0.1, 0.15) is 6.33 Å². The zero-order chi connectivity index (χ0) is 17.8. The minimum Gasteiger partial charge on any atom is -0.335 e. The highest BCUT2D eigenvalue weighted by Crippen LogP contribution is 2.33. The Hall–Kier alpha value is -1.28. The van der Waals surface area contributed by atoms with E-state index in [1.54, 1.807) is 6.33 Å². The minimum atomic E-state index is 0. The zero-order valence-corrected chi connectivity index (χ0v) is 16.6. The average molecular weight is 395 g/mol. The maximum atomic E-state index is 13.7. The van der Waals surface area contributed by atoms with E-state index in [9.17, 15) is 4.79 Å². The molecular weight excluding hydrogens is 364 g/mol. The third-order valence-corrected chi connectivity index (χ3v) is 6.22. The number of rotatable bonds is 4. The first-order valence-electron chi connectivity index (χ1n) is 10.1. The van der Waals surface area contributed by atoms with Gasteiger partial charge in [-0.3, -0.25) is 15.6 Å². The van der Waals surface area contributed by atoms with Crippen LogP contribution in [-0.4, -0.2) is 52.5 Å². The van der Waals surface area contributed by atoms with Gasteiger partial charge in [-0.05, 0) is 51.1 Å². The molecule has 8 heteroatoms. The number of amides is 1. The number of hydrazine groups is 1. The largest absolute Gasteiger partial charge is 0.335 e. The van der Waals surface area contributed by atoms with Crippen LogP contribution in [0.25, 0.3) is 0 Å². The van der Waals surface area contributed by atoms with E-state index >= 15 is 0 Å². The van der Waals surface area contributed by atoms with Gasteiger partial charge in [0, 0.05) is 43.1 Å². The molecule has 2 saturated heterocycles. The molecule has 0 aromatic carbocycles. The van der Waals surface area contributed by atoms with Crippen molar-refractivity contribution in [2.24, 2.45) is 11.8 Å². The van der Waals surface area contributed by atoms with Crippen LogP contribution in [0.2, 0.25) is 0 Å². The van der Waals surface area contributed by atoms with Crippen molar-refractivity contribution < 1.29 is 4.79 Å². The smallest absolute Gasteiger partial charge is 0.227 e. The van der Waals surface area contributed by atoms with Gasteiger partial charge in [0.15, 0.2) is 0 Å². The Labute approximate surface area is 167 Å². The van der Waals surface area contributed by atoms with E-state index in [1.807, 2.05) is 12.4 Å². The van der Waals surface area contributed by atoms with Gasteiger partial charge in [-0.25, -0.2) is 9.97 Å². The molecule has 4 unspecified atom stereocenters. The molecule has 27 heavy (non-hydrogen) atoms. The van der Waals surface area contributed by atoms with Gasteiger partial charge in [-0.2, -0.15) is 0 Å². The Kier molecular flexibility index (Phi) is 7.41. The first kappa shape index (κ1) is 20.5. The summed E-state index contributed by atoms with van der Waals surface area (Å²) in [4.78, 5) is 24.1. The molecule has 3 heterocycles. The quantitative estimate of drug-likeness (QED) is 0.713. The molecule has 0 bridgehead atoms. The Morgan fingerprint density at radius 1 is 1.11 bits per heavy atom. The number of aromatic nitrogens is 2. The standard InChI is InChI=1S/C19H30N6O.ClH/c26-19(17-5-1-3-15-11-23-24-18(15)17)25(12-14-9-21-13-22-10-14)16-4-2-7-20-8-6-16;/h9-10,13,15-18,20,23-24H,1-8,11-12H2;1H. The van der Waals surface area contributed by atoms with Crippen molar-refractivity contribution in [3.8, 4) is 0 Å². The number of halogens is 1. The van der Waals surface area contributed by atoms with Crippen molar-refractivity contribution in [3.63, 3.8) is 0 Å². The highest BCUT2D eigenvalue weighted by Gasteiger charge is 2.42. The van der Waals surface area contributed by atoms with Gasteiger partial charge in [-0.1, -0.05) is 6.42 Å². The van der Waals surface area contributed by atoms with Gasteiger partial charge in [0.25, 0.3) is 0 Å². The molecule has 0 spiro atoms. The zero-order valence-electron chi connectivity index (χ0n) is 15.8.